The quantitative estimate of drug-likeness (QED) is 0.322. The predicted octanol–water partition coefficient (Wildman–Crippen LogP) is 0.749. The summed E-state index contributed by atoms with van der Waals surface area (Å²) in [5.41, 5.74) is -1.23. The molecule has 0 saturated heterocycles. The van der Waals surface area contributed by atoms with Crippen LogP contribution in [-0.4, -0.2) is 84.9 Å². The molecule has 0 unspecified atom stereocenters. The molecule has 21 heavy (non-hydrogen) atoms. The maximum absolute atomic E-state index is 11.2. The molecule has 0 saturated carbocycles. The minimum atomic E-state index is -1.45. The molecule has 0 aromatic carbocycles. The first-order chi connectivity index (χ1) is 9.99. The fourth-order valence-corrected chi connectivity index (χ4v) is 1.84. The summed E-state index contributed by atoms with van der Waals surface area (Å²) in [7, 11) is 2.86. The molecule has 0 fully saturated rings. The van der Waals surface area contributed by atoms with Crippen LogP contribution >= 0.6 is 11.8 Å². The second kappa shape index (κ2) is 11.4. The number of methoxy groups -OCH3 is 2. The van der Waals surface area contributed by atoms with Gasteiger partial charge < -0.3 is 19.7 Å². The van der Waals surface area contributed by atoms with Crippen molar-refractivity contribution in [3.63, 3.8) is 0 Å². The van der Waals surface area contributed by atoms with Crippen LogP contribution in [-0.2, 0) is 19.1 Å². The van der Waals surface area contributed by atoms with Crippen molar-refractivity contribution in [2.24, 2.45) is 0 Å². The highest BCUT2D eigenvalue weighted by Gasteiger charge is 2.34. The van der Waals surface area contributed by atoms with Crippen LogP contribution in [0.15, 0.2) is 0 Å². The normalized spacial score (nSPS) is 10.7. The van der Waals surface area contributed by atoms with Crippen LogP contribution in [0.3, 0.4) is 0 Å². The van der Waals surface area contributed by atoms with Crippen LogP contribution < -0.4 is 0 Å². The Labute approximate surface area is 126 Å². The molecule has 124 valence electrons. The Morgan fingerprint density at radius 1 is 0.952 bits per heavy atom. The maximum Gasteiger partial charge on any atom is 0.434 e. The van der Waals surface area contributed by atoms with Crippen molar-refractivity contribution < 1.29 is 39.0 Å². The van der Waals surface area contributed by atoms with Crippen molar-refractivity contribution in [1.82, 2.24) is 10.1 Å². The zero-order chi connectivity index (χ0) is 16.3. The summed E-state index contributed by atoms with van der Waals surface area (Å²) >= 11 is 0.917. The largest absolute Gasteiger partial charge is 0.463 e. The molecule has 0 aromatic rings. The molecule has 0 radical (unpaired) electrons. The smallest absolute Gasteiger partial charge is 0.434 e. The highest BCUT2D eigenvalue weighted by atomic mass is 32.2. The summed E-state index contributed by atoms with van der Waals surface area (Å²) < 4.78 is 9.49. The summed E-state index contributed by atoms with van der Waals surface area (Å²) in [4.78, 5) is 32.4. The molecule has 0 aromatic heterocycles. The number of nitrogens with zero attached hydrogens (tertiary/aromatic N) is 2. The fraction of sp³-hybridized carbons (Fsp3) is 0.800. The lowest BCUT2D eigenvalue weighted by molar-refractivity contribution is -0.237. The molecule has 0 spiro atoms. The molecular formula is C10H20N2O8S. The van der Waals surface area contributed by atoms with Crippen molar-refractivity contribution in [1.29, 1.82) is 0 Å². The van der Waals surface area contributed by atoms with E-state index in [1.54, 1.807) is 0 Å². The van der Waals surface area contributed by atoms with Crippen LogP contribution in [0.2, 0.25) is 0 Å². The van der Waals surface area contributed by atoms with Crippen molar-refractivity contribution in [2.75, 3.05) is 46.9 Å². The summed E-state index contributed by atoms with van der Waals surface area (Å²) in [6.45, 7) is 0.210. The fourth-order valence-electron chi connectivity index (χ4n) is 1.15. The lowest BCUT2D eigenvalue weighted by atomic mass is 10.8. The van der Waals surface area contributed by atoms with Gasteiger partial charge in [0.05, 0.1) is 26.4 Å². The maximum atomic E-state index is 11.2. The summed E-state index contributed by atoms with van der Waals surface area (Å²) in [6, 6.07) is 0. The minimum absolute atomic E-state index is 0.0502. The number of hydroxylamine groups is 4. The zero-order valence-electron chi connectivity index (χ0n) is 12.1. The van der Waals surface area contributed by atoms with E-state index >= 15 is 0 Å². The van der Waals surface area contributed by atoms with Gasteiger partial charge in [0.15, 0.2) is 0 Å². The summed E-state index contributed by atoms with van der Waals surface area (Å²) in [6.07, 6.45) is -1.38. The molecule has 0 atom stereocenters. The van der Waals surface area contributed by atoms with E-state index in [1.165, 1.54) is 20.5 Å². The van der Waals surface area contributed by atoms with Crippen LogP contribution in [0.4, 0.5) is 9.59 Å². The molecule has 0 heterocycles. The predicted molar refractivity (Wildman–Crippen MR) is 72.7 cm³/mol. The first kappa shape index (κ1) is 19.7. The Morgan fingerprint density at radius 2 is 1.33 bits per heavy atom. The number of thioether (sulfide) groups is 1. The third-order valence-corrected chi connectivity index (χ3v) is 2.83. The average Bonchev–Trinajstić information content (AvgIpc) is 2.43. The van der Waals surface area contributed by atoms with Crippen molar-refractivity contribution >= 4 is 23.9 Å². The van der Waals surface area contributed by atoms with Crippen LogP contribution in [0.1, 0.15) is 0 Å². The molecule has 2 N–H and O–H groups in total. The first-order valence-electron chi connectivity index (χ1n) is 5.80. The zero-order valence-corrected chi connectivity index (χ0v) is 12.9. The van der Waals surface area contributed by atoms with Crippen molar-refractivity contribution in [2.45, 2.75) is 5.50 Å². The number of amides is 2. The van der Waals surface area contributed by atoms with Gasteiger partial charge in [-0.25, -0.2) is 9.59 Å². The van der Waals surface area contributed by atoms with Crippen molar-refractivity contribution in [3.8, 4) is 0 Å². The first-order valence-corrected chi connectivity index (χ1v) is 7.09. The van der Waals surface area contributed by atoms with Gasteiger partial charge in [0.1, 0.15) is 0 Å². The molecule has 10 nitrogen and oxygen atoms in total. The van der Waals surface area contributed by atoms with E-state index in [0.29, 0.717) is 10.1 Å². The number of hydrogen-bond acceptors (Lipinski definition) is 7. The molecule has 0 aliphatic heterocycles. The molecule has 11 heteroatoms. The second-order valence-electron chi connectivity index (χ2n) is 3.43. The van der Waals surface area contributed by atoms with Crippen molar-refractivity contribution in [3.05, 3.63) is 0 Å². The van der Waals surface area contributed by atoms with Gasteiger partial charge >= 0.3 is 12.2 Å². The molecule has 0 aliphatic rings. The number of carboxylic acid groups (broad SMARTS) is 2. The van der Waals surface area contributed by atoms with Gasteiger partial charge in [0.2, 0.25) is 5.50 Å². The Morgan fingerprint density at radius 3 is 1.57 bits per heavy atom. The van der Waals surface area contributed by atoms with Gasteiger partial charge in [0.25, 0.3) is 0 Å². The number of hydrogen-bond donors (Lipinski definition) is 2. The van der Waals surface area contributed by atoms with E-state index in [4.69, 9.17) is 29.4 Å². The summed E-state index contributed by atoms with van der Waals surface area (Å²) in [5, 5.41) is 19.2. The lowest BCUT2D eigenvalue weighted by Crippen LogP contribution is -2.51. The monoisotopic (exact) mass is 328 g/mol. The summed E-state index contributed by atoms with van der Waals surface area (Å²) in [5.74, 6) is 0. The van der Waals surface area contributed by atoms with Crippen LogP contribution in [0, 0.1) is 0 Å². The van der Waals surface area contributed by atoms with E-state index in [9.17, 15) is 9.59 Å². The van der Waals surface area contributed by atoms with Gasteiger partial charge in [0, 0.05) is 14.2 Å². The lowest BCUT2D eigenvalue weighted by Gasteiger charge is -2.32. The van der Waals surface area contributed by atoms with Gasteiger partial charge in [-0.15, -0.1) is 11.8 Å². The third-order valence-electron chi connectivity index (χ3n) is 2.02. The molecule has 0 bridgehead atoms. The Kier molecular flexibility index (Phi) is 10.7. The van der Waals surface area contributed by atoms with Gasteiger partial charge in [-0.05, 0) is 6.26 Å². The molecule has 0 aliphatic carbocycles. The van der Waals surface area contributed by atoms with Crippen LogP contribution in [0.5, 0.6) is 0 Å². The Balaban J connectivity index is 4.88. The van der Waals surface area contributed by atoms with E-state index < -0.39 is 17.7 Å². The standard InChI is InChI=1S/C10H20N2O8S/c1-17-4-6-19-11(9(13)14)8(21-3)12(10(15)16)20-7-5-18-2/h8H,4-7H2,1-3H3,(H,13,14)(H,15,16). The van der Waals surface area contributed by atoms with E-state index in [-0.39, 0.29) is 26.4 Å². The molecule has 0 rings (SSSR count). The van der Waals surface area contributed by atoms with E-state index in [1.807, 2.05) is 0 Å². The van der Waals surface area contributed by atoms with Crippen LogP contribution in [0.25, 0.3) is 0 Å². The Hall–Kier alpha value is -1.27. The highest BCUT2D eigenvalue weighted by molar-refractivity contribution is 7.99. The molecular weight excluding hydrogens is 308 g/mol. The van der Waals surface area contributed by atoms with Gasteiger partial charge in [-0.2, -0.15) is 10.1 Å². The minimum Gasteiger partial charge on any atom is -0.463 e. The second-order valence-corrected chi connectivity index (χ2v) is 4.32. The topological polar surface area (TPSA) is 118 Å². The Bertz CT molecular complexity index is 291. The number of ether oxygens (including phenoxy) is 2. The average molecular weight is 328 g/mol. The highest BCUT2D eigenvalue weighted by Crippen LogP contribution is 2.19. The number of carbonyl (C=O) groups is 2. The SMILES string of the molecule is COCCON(C(=O)O)C(SC)N(OCCOC)C(=O)O. The van der Waals surface area contributed by atoms with Gasteiger partial charge in [-0.1, -0.05) is 0 Å². The molecule has 2 amide bonds. The third kappa shape index (κ3) is 7.34. The van der Waals surface area contributed by atoms with E-state index in [2.05, 4.69) is 0 Å². The van der Waals surface area contributed by atoms with Gasteiger partial charge in [-0.3, -0.25) is 9.68 Å². The number of rotatable bonds is 11. The van der Waals surface area contributed by atoms with E-state index in [0.717, 1.165) is 11.8 Å².